The second-order valence-corrected chi connectivity index (χ2v) is 6.55. The summed E-state index contributed by atoms with van der Waals surface area (Å²) >= 11 is 0. The number of hydrogen-bond donors (Lipinski definition) is 1. The van der Waals surface area contributed by atoms with E-state index >= 15 is 0 Å². The number of nitrogens with one attached hydrogen (secondary N) is 1. The second-order valence-electron chi connectivity index (χ2n) is 4.87. The van der Waals surface area contributed by atoms with Crippen LogP contribution >= 0.6 is 0 Å². The fourth-order valence-corrected chi connectivity index (χ4v) is 3.19. The standard InChI is InChI=1S/C16H19NO4S/c1-11-6-5-7-14(12(11)2)17-22(18,19)13-8-9-15(20-3)16(10-13)21-4/h5-10,17H,1-4H3. The Kier molecular flexibility index (Phi) is 4.61. The Morgan fingerprint density at radius 2 is 1.64 bits per heavy atom. The maximum Gasteiger partial charge on any atom is 0.262 e. The molecule has 0 aromatic heterocycles. The molecule has 0 spiro atoms. The van der Waals surface area contributed by atoms with Crippen LogP contribution < -0.4 is 14.2 Å². The Balaban J connectivity index is 2.40. The third-order valence-corrected chi connectivity index (χ3v) is 4.88. The van der Waals surface area contributed by atoms with Crippen molar-refractivity contribution in [1.82, 2.24) is 0 Å². The van der Waals surface area contributed by atoms with Gasteiger partial charge in [0, 0.05) is 6.07 Å². The molecule has 0 bridgehead atoms. The van der Waals surface area contributed by atoms with Crippen molar-refractivity contribution >= 4 is 15.7 Å². The van der Waals surface area contributed by atoms with E-state index in [4.69, 9.17) is 9.47 Å². The maximum atomic E-state index is 12.5. The van der Waals surface area contributed by atoms with E-state index in [9.17, 15) is 8.42 Å². The van der Waals surface area contributed by atoms with E-state index in [1.807, 2.05) is 26.0 Å². The largest absolute Gasteiger partial charge is 0.493 e. The average molecular weight is 321 g/mol. The monoisotopic (exact) mass is 321 g/mol. The Morgan fingerprint density at radius 3 is 2.27 bits per heavy atom. The van der Waals surface area contributed by atoms with Crippen molar-refractivity contribution in [2.75, 3.05) is 18.9 Å². The van der Waals surface area contributed by atoms with Gasteiger partial charge >= 0.3 is 0 Å². The number of anilines is 1. The summed E-state index contributed by atoms with van der Waals surface area (Å²) < 4.78 is 37.9. The molecule has 0 heterocycles. The van der Waals surface area contributed by atoms with Gasteiger partial charge in [-0.15, -0.1) is 0 Å². The SMILES string of the molecule is COc1ccc(S(=O)(=O)Nc2cccc(C)c2C)cc1OC. The Labute approximate surface area is 130 Å². The summed E-state index contributed by atoms with van der Waals surface area (Å²) in [6, 6.07) is 9.97. The van der Waals surface area contributed by atoms with Crippen LogP contribution in [0.2, 0.25) is 0 Å². The van der Waals surface area contributed by atoms with E-state index < -0.39 is 10.0 Å². The summed E-state index contributed by atoms with van der Waals surface area (Å²) in [5.41, 5.74) is 2.48. The van der Waals surface area contributed by atoms with Crippen molar-refractivity contribution in [1.29, 1.82) is 0 Å². The number of hydrogen-bond acceptors (Lipinski definition) is 4. The molecular formula is C16H19NO4S. The molecule has 2 aromatic rings. The lowest BCUT2D eigenvalue weighted by atomic mass is 10.1. The highest BCUT2D eigenvalue weighted by atomic mass is 32.2. The minimum Gasteiger partial charge on any atom is -0.493 e. The molecule has 5 nitrogen and oxygen atoms in total. The molecule has 118 valence electrons. The van der Waals surface area contributed by atoms with Crippen LogP contribution in [0.4, 0.5) is 5.69 Å². The molecule has 0 atom stereocenters. The first-order valence-corrected chi connectivity index (χ1v) is 8.18. The van der Waals surface area contributed by atoms with E-state index in [0.29, 0.717) is 17.2 Å². The first-order chi connectivity index (χ1) is 10.4. The summed E-state index contributed by atoms with van der Waals surface area (Å²) in [5, 5.41) is 0. The number of benzene rings is 2. The zero-order valence-corrected chi connectivity index (χ0v) is 13.8. The Bertz CT molecular complexity index is 785. The number of methoxy groups -OCH3 is 2. The van der Waals surface area contributed by atoms with Crippen LogP contribution in [0, 0.1) is 13.8 Å². The number of sulfonamides is 1. The predicted molar refractivity (Wildman–Crippen MR) is 86.3 cm³/mol. The van der Waals surface area contributed by atoms with Crippen LogP contribution in [-0.2, 0) is 10.0 Å². The van der Waals surface area contributed by atoms with Gasteiger partial charge in [-0.3, -0.25) is 4.72 Å². The lowest BCUT2D eigenvalue weighted by molar-refractivity contribution is 0.354. The van der Waals surface area contributed by atoms with E-state index in [1.54, 1.807) is 12.1 Å². The van der Waals surface area contributed by atoms with Gasteiger partial charge in [-0.2, -0.15) is 0 Å². The molecule has 0 aliphatic rings. The second kappa shape index (κ2) is 6.27. The normalized spacial score (nSPS) is 11.1. The first-order valence-electron chi connectivity index (χ1n) is 6.70. The molecule has 0 saturated heterocycles. The van der Waals surface area contributed by atoms with Crippen molar-refractivity contribution < 1.29 is 17.9 Å². The van der Waals surface area contributed by atoms with Gasteiger partial charge in [0.05, 0.1) is 24.8 Å². The highest BCUT2D eigenvalue weighted by molar-refractivity contribution is 7.92. The van der Waals surface area contributed by atoms with E-state index in [0.717, 1.165) is 11.1 Å². The van der Waals surface area contributed by atoms with Gasteiger partial charge in [0.2, 0.25) is 0 Å². The highest BCUT2D eigenvalue weighted by Crippen LogP contribution is 2.30. The van der Waals surface area contributed by atoms with Crippen molar-refractivity contribution in [2.45, 2.75) is 18.7 Å². The van der Waals surface area contributed by atoms with Crippen LogP contribution in [0.5, 0.6) is 11.5 Å². The van der Waals surface area contributed by atoms with E-state index in [2.05, 4.69) is 4.72 Å². The van der Waals surface area contributed by atoms with Crippen LogP contribution in [0.25, 0.3) is 0 Å². The molecule has 1 N–H and O–H groups in total. The summed E-state index contributed by atoms with van der Waals surface area (Å²) in [7, 11) is -0.731. The number of ether oxygens (including phenoxy) is 2. The van der Waals surface area contributed by atoms with Crippen LogP contribution in [0.1, 0.15) is 11.1 Å². The lowest BCUT2D eigenvalue weighted by Crippen LogP contribution is -2.14. The lowest BCUT2D eigenvalue weighted by Gasteiger charge is -2.13. The Morgan fingerprint density at radius 1 is 0.955 bits per heavy atom. The minimum absolute atomic E-state index is 0.117. The van der Waals surface area contributed by atoms with Gasteiger partial charge in [-0.1, -0.05) is 12.1 Å². The van der Waals surface area contributed by atoms with E-state index in [-0.39, 0.29) is 4.90 Å². The molecule has 0 radical (unpaired) electrons. The third-order valence-electron chi connectivity index (χ3n) is 3.51. The molecule has 22 heavy (non-hydrogen) atoms. The van der Waals surface area contributed by atoms with Crippen LogP contribution in [0.3, 0.4) is 0 Å². The molecule has 6 heteroatoms. The topological polar surface area (TPSA) is 64.6 Å². The molecule has 0 aliphatic carbocycles. The van der Waals surface area contributed by atoms with Crippen molar-refractivity contribution in [3.63, 3.8) is 0 Å². The highest BCUT2D eigenvalue weighted by Gasteiger charge is 2.18. The summed E-state index contributed by atoms with van der Waals surface area (Å²) in [6.45, 7) is 3.81. The molecule has 0 unspecified atom stereocenters. The molecule has 0 saturated carbocycles. The van der Waals surface area contributed by atoms with Crippen molar-refractivity contribution in [3.05, 3.63) is 47.5 Å². The van der Waals surface area contributed by atoms with Gasteiger partial charge in [0.15, 0.2) is 11.5 Å². The Hall–Kier alpha value is -2.21. The smallest absolute Gasteiger partial charge is 0.262 e. The molecule has 0 amide bonds. The van der Waals surface area contributed by atoms with Gasteiger partial charge in [-0.05, 0) is 43.2 Å². The quantitative estimate of drug-likeness (QED) is 0.919. The van der Waals surface area contributed by atoms with Gasteiger partial charge < -0.3 is 9.47 Å². The zero-order valence-electron chi connectivity index (χ0n) is 13.0. The number of aryl methyl sites for hydroxylation is 1. The zero-order chi connectivity index (χ0) is 16.3. The first kappa shape index (κ1) is 16.2. The predicted octanol–water partition coefficient (Wildman–Crippen LogP) is 3.12. The summed E-state index contributed by atoms with van der Waals surface area (Å²) in [4.78, 5) is 0.117. The van der Waals surface area contributed by atoms with Crippen LogP contribution in [-0.4, -0.2) is 22.6 Å². The molecule has 0 fully saturated rings. The van der Waals surface area contributed by atoms with Crippen molar-refractivity contribution in [2.24, 2.45) is 0 Å². The molecular weight excluding hydrogens is 302 g/mol. The molecule has 0 aliphatic heterocycles. The van der Waals surface area contributed by atoms with Crippen LogP contribution in [0.15, 0.2) is 41.3 Å². The van der Waals surface area contributed by atoms with Gasteiger partial charge in [0.25, 0.3) is 10.0 Å². The van der Waals surface area contributed by atoms with Gasteiger partial charge in [0.1, 0.15) is 0 Å². The maximum absolute atomic E-state index is 12.5. The summed E-state index contributed by atoms with van der Waals surface area (Å²) in [6.07, 6.45) is 0. The molecule has 2 rings (SSSR count). The minimum atomic E-state index is -3.70. The van der Waals surface area contributed by atoms with Crippen molar-refractivity contribution in [3.8, 4) is 11.5 Å². The van der Waals surface area contributed by atoms with Gasteiger partial charge in [-0.25, -0.2) is 8.42 Å². The molecule has 2 aromatic carbocycles. The summed E-state index contributed by atoms with van der Waals surface area (Å²) in [5.74, 6) is 0.847. The fourth-order valence-electron chi connectivity index (χ4n) is 2.05. The average Bonchev–Trinajstić information content (AvgIpc) is 2.51. The third kappa shape index (κ3) is 3.17. The number of rotatable bonds is 5. The fraction of sp³-hybridized carbons (Fsp3) is 0.250. The van der Waals surface area contributed by atoms with E-state index in [1.165, 1.54) is 26.4 Å².